The first-order chi connectivity index (χ1) is 7.63. The number of hydrogen-bond acceptors (Lipinski definition) is 2. The zero-order valence-electron chi connectivity index (χ0n) is 9.29. The summed E-state index contributed by atoms with van der Waals surface area (Å²) in [5.41, 5.74) is 0. The van der Waals surface area contributed by atoms with Crippen molar-refractivity contribution in [3.05, 3.63) is 29.3 Å². The van der Waals surface area contributed by atoms with Crippen molar-refractivity contribution >= 4 is 17.6 Å². The third kappa shape index (κ3) is 3.98. The second-order valence-corrected chi connectivity index (χ2v) is 3.73. The lowest BCUT2D eigenvalue weighted by molar-refractivity contribution is 0.208. The Hall–Kier alpha value is -1.42. The van der Waals surface area contributed by atoms with Gasteiger partial charge in [-0.1, -0.05) is 23.7 Å². The van der Waals surface area contributed by atoms with Crippen LogP contribution < -0.4 is 15.4 Å². The molecule has 0 bridgehead atoms. The molecule has 0 spiro atoms. The van der Waals surface area contributed by atoms with E-state index in [1.165, 1.54) is 0 Å². The van der Waals surface area contributed by atoms with Gasteiger partial charge in [-0.25, -0.2) is 4.79 Å². The van der Waals surface area contributed by atoms with Crippen molar-refractivity contribution in [2.45, 2.75) is 13.0 Å². The van der Waals surface area contributed by atoms with Crippen LogP contribution in [-0.4, -0.2) is 25.7 Å². The third-order valence-electron chi connectivity index (χ3n) is 1.94. The number of carbonyl (C=O) groups excluding carboxylic acids is 1. The fourth-order valence-electron chi connectivity index (χ4n) is 1.12. The molecule has 1 aromatic carbocycles. The minimum atomic E-state index is -0.227. The number of halogens is 1. The van der Waals surface area contributed by atoms with Crippen molar-refractivity contribution in [3.63, 3.8) is 0 Å². The number of amides is 2. The number of urea groups is 1. The maximum Gasteiger partial charge on any atom is 0.314 e. The standard InChI is InChI=1S/C11H15ClN2O2/c1-8(7-14-11(15)13-2)16-10-6-4-3-5-9(10)12/h3-6,8H,7H2,1-2H3,(H2,13,14,15)/t8-/m1/s1. The summed E-state index contributed by atoms with van der Waals surface area (Å²) in [6, 6.07) is 7.01. The molecular weight excluding hydrogens is 228 g/mol. The van der Waals surface area contributed by atoms with Gasteiger partial charge in [-0.15, -0.1) is 0 Å². The van der Waals surface area contributed by atoms with Gasteiger partial charge >= 0.3 is 6.03 Å². The number of benzene rings is 1. The van der Waals surface area contributed by atoms with E-state index >= 15 is 0 Å². The van der Waals surface area contributed by atoms with Crippen LogP contribution in [0.1, 0.15) is 6.92 Å². The Bertz CT molecular complexity index is 358. The van der Waals surface area contributed by atoms with Gasteiger partial charge < -0.3 is 15.4 Å². The summed E-state index contributed by atoms with van der Waals surface area (Å²) >= 11 is 5.93. The summed E-state index contributed by atoms with van der Waals surface area (Å²) in [5, 5.41) is 5.68. The van der Waals surface area contributed by atoms with Crippen molar-refractivity contribution < 1.29 is 9.53 Å². The molecule has 1 rings (SSSR count). The minimum absolute atomic E-state index is 0.141. The van der Waals surface area contributed by atoms with E-state index in [9.17, 15) is 4.79 Å². The Balaban J connectivity index is 2.43. The van der Waals surface area contributed by atoms with E-state index in [4.69, 9.17) is 16.3 Å². The second kappa shape index (κ2) is 6.23. The Morgan fingerprint density at radius 1 is 1.50 bits per heavy atom. The topological polar surface area (TPSA) is 50.4 Å². The molecule has 0 aliphatic heterocycles. The van der Waals surface area contributed by atoms with Gasteiger partial charge in [0.05, 0.1) is 11.6 Å². The van der Waals surface area contributed by atoms with E-state index in [1.54, 1.807) is 19.2 Å². The summed E-state index contributed by atoms with van der Waals surface area (Å²) in [5.74, 6) is 0.621. The monoisotopic (exact) mass is 242 g/mol. The van der Waals surface area contributed by atoms with Gasteiger partial charge in [0.25, 0.3) is 0 Å². The van der Waals surface area contributed by atoms with E-state index in [-0.39, 0.29) is 12.1 Å². The Morgan fingerprint density at radius 2 is 2.19 bits per heavy atom. The van der Waals surface area contributed by atoms with Gasteiger partial charge in [-0.05, 0) is 19.1 Å². The van der Waals surface area contributed by atoms with Crippen LogP contribution in [0, 0.1) is 0 Å². The van der Waals surface area contributed by atoms with Crippen molar-refractivity contribution in [1.29, 1.82) is 0 Å². The summed E-state index contributed by atoms with van der Waals surface area (Å²) in [6.07, 6.45) is -0.141. The van der Waals surface area contributed by atoms with Crippen molar-refractivity contribution in [2.24, 2.45) is 0 Å². The number of rotatable bonds is 4. The highest BCUT2D eigenvalue weighted by Crippen LogP contribution is 2.23. The van der Waals surface area contributed by atoms with Gasteiger partial charge in [0.15, 0.2) is 0 Å². The van der Waals surface area contributed by atoms with Crippen molar-refractivity contribution in [2.75, 3.05) is 13.6 Å². The van der Waals surface area contributed by atoms with Gasteiger partial charge in [-0.2, -0.15) is 0 Å². The van der Waals surface area contributed by atoms with Crippen LogP contribution in [0.25, 0.3) is 0 Å². The molecule has 5 heteroatoms. The Morgan fingerprint density at radius 3 is 2.81 bits per heavy atom. The normalized spacial score (nSPS) is 11.7. The van der Waals surface area contributed by atoms with Crippen molar-refractivity contribution in [3.8, 4) is 5.75 Å². The molecule has 0 saturated heterocycles. The van der Waals surface area contributed by atoms with Gasteiger partial charge in [0.2, 0.25) is 0 Å². The van der Waals surface area contributed by atoms with E-state index in [0.717, 1.165) is 0 Å². The molecule has 4 nitrogen and oxygen atoms in total. The summed E-state index contributed by atoms with van der Waals surface area (Å²) in [4.78, 5) is 10.9. The predicted molar refractivity (Wildman–Crippen MR) is 64.0 cm³/mol. The summed E-state index contributed by atoms with van der Waals surface area (Å²) in [6.45, 7) is 2.28. The lowest BCUT2D eigenvalue weighted by Crippen LogP contribution is -2.38. The Kier molecular flexibility index (Phi) is 4.92. The number of ether oxygens (including phenoxy) is 1. The average molecular weight is 243 g/mol. The molecule has 88 valence electrons. The van der Waals surface area contributed by atoms with Crippen LogP contribution in [0.3, 0.4) is 0 Å². The van der Waals surface area contributed by atoms with E-state index in [2.05, 4.69) is 10.6 Å². The molecule has 0 radical (unpaired) electrons. The largest absolute Gasteiger partial charge is 0.487 e. The first kappa shape index (κ1) is 12.6. The molecular formula is C11H15ClN2O2. The highest BCUT2D eigenvalue weighted by Gasteiger charge is 2.07. The highest BCUT2D eigenvalue weighted by molar-refractivity contribution is 6.32. The van der Waals surface area contributed by atoms with E-state index < -0.39 is 0 Å². The smallest absolute Gasteiger partial charge is 0.314 e. The fourth-order valence-corrected chi connectivity index (χ4v) is 1.30. The minimum Gasteiger partial charge on any atom is -0.487 e. The summed E-state index contributed by atoms with van der Waals surface area (Å²) < 4.78 is 5.57. The zero-order chi connectivity index (χ0) is 12.0. The predicted octanol–water partition coefficient (Wildman–Crippen LogP) is 2.04. The number of nitrogens with one attached hydrogen (secondary N) is 2. The maximum absolute atomic E-state index is 10.9. The molecule has 0 heterocycles. The second-order valence-electron chi connectivity index (χ2n) is 3.32. The maximum atomic E-state index is 10.9. The molecule has 1 aromatic rings. The van der Waals surface area contributed by atoms with Crippen LogP contribution in [0.4, 0.5) is 4.79 Å². The lowest BCUT2D eigenvalue weighted by atomic mass is 10.3. The molecule has 0 aliphatic rings. The van der Waals surface area contributed by atoms with Gasteiger partial charge in [0.1, 0.15) is 11.9 Å². The molecule has 2 N–H and O–H groups in total. The van der Waals surface area contributed by atoms with E-state index in [0.29, 0.717) is 17.3 Å². The fraction of sp³-hybridized carbons (Fsp3) is 0.364. The quantitative estimate of drug-likeness (QED) is 0.849. The molecule has 0 aliphatic carbocycles. The zero-order valence-corrected chi connectivity index (χ0v) is 10.0. The van der Waals surface area contributed by atoms with Crippen LogP contribution in [0.15, 0.2) is 24.3 Å². The Labute approximate surface area is 99.9 Å². The van der Waals surface area contributed by atoms with Gasteiger partial charge in [-0.3, -0.25) is 0 Å². The van der Waals surface area contributed by atoms with E-state index in [1.807, 2.05) is 19.1 Å². The molecule has 0 unspecified atom stereocenters. The average Bonchev–Trinajstić information content (AvgIpc) is 2.29. The lowest BCUT2D eigenvalue weighted by Gasteiger charge is -2.16. The first-order valence-electron chi connectivity index (χ1n) is 5.00. The molecule has 16 heavy (non-hydrogen) atoms. The van der Waals surface area contributed by atoms with Gasteiger partial charge in [0, 0.05) is 7.05 Å². The van der Waals surface area contributed by atoms with Crippen LogP contribution >= 0.6 is 11.6 Å². The van der Waals surface area contributed by atoms with Crippen LogP contribution in [-0.2, 0) is 0 Å². The number of carbonyl (C=O) groups is 1. The molecule has 2 amide bonds. The summed E-state index contributed by atoms with van der Waals surface area (Å²) in [7, 11) is 1.56. The molecule has 0 aromatic heterocycles. The highest BCUT2D eigenvalue weighted by atomic mass is 35.5. The SMILES string of the molecule is CNC(=O)NC[C@@H](C)Oc1ccccc1Cl. The number of hydrogen-bond donors (Lipinski definition) is 2. The number of para-hydroxylation sites is 1. The van der Waals surface area contributed by atoms with Crippen LogP contribution in [0.2, 0.25) is 5.02 Å². The van der Waals surface area contributed by atoms with Crippen molar-refractivity contribution in [1.82, 2.24) is 10.6 Å². The third-order valence-corrected chi connectivity index (χ3v) is 2.25. The first-order valence-corrected chi connectivity index (χ1v) is 5.38. The molecule has 0 fully saturated rings. The molecule has 0 saturated carbocycles. The van der Waals surface area contributed by atoms with Crippen LogP contribution in [0.5, 0.6) is 5.75 Å². The molecule has 1 atom stereocenters.